The highest BCUT2D eigenvalue weighted by atomic mass is 16.1. The number of aromatic nitrogens is 3. The zero-order valence-corrected chi connectivity index (χ0v) is 12.4. The van der Waals surface area contributed by atoms with Crippen molar-refractivity contribution in [1.82, 2.24) is 14.8 Å². The number of rotatable bonds is 3. The molecule has 1 N–H and O–H groups in total. The number of carbonyl (C=O) groups excluding carboxylic acids is 1. The Kier molecular flexibility index (Phi) is 3.73. The second-order valence-electron chi connectivity index (χ2n) is 5.79. The molecule has 2 aromatic heterocycles. The third-order valence-electron chi connectivity index (χ3n) is 3.83. The van der Waals surface area contributed by atoms with Crippen LogP contribution in [0, 0.1) is 5.92 Å². The van der Waals surface area contributed by atoms with E-state index in [1.54, 1.807) is 12.4 Å². The van der Waals surface area contributed by atoms with Gasteiger partial charge in [-0.2, -0.15) is 5.10 Å². The molecule has 1 atom stereocenters. The topological polar surface area (TPSA) is 59.8 Å². The summed E-state index contributed by atoms with van der Waals surface area (Å²) in [5, 5.41) is 8.26. The SMILES string of the molecule is CC(C)n1ncc2cc(NC(=O)[C@H]3CC=CCC3)cnc21. The van der Waals surface area contributed by atoms with Crippen molar-refractivity contribution in [3.05, 3.63) is 30.6 Å². The summed E-state index contributed by atoms with van der Waals surface area (Å²) in [7, 11) is 0. The molecule has 0 fully saturated rings. The monoisotopic (exact) mass is 284 g/mol. The van der Waals surface area contributed by atoms with E-state index >= 15 is 0 Å². The molecule has 2 heterocycles. The zero-order valence-electron chi connectivity index (χ0n) is 12.4. The van der Waals surface area contributed by atoms with E-state index in [1.807, 2.05) is 10.7 Å². The van der Waals surface area contributed by atoms with Crippen LogP contribution in [-0.4, -0.2) is 20.7 Å². The van der Waals surface area contributed by atoms with Crippen molar-refractivity contribution in [3.63, 3.8) is 0 Å². The molecule has 110 valence electrons. The van der Waals surface area contributed by atoms with Gasteiger partial charge in [0.2, 0.25) is 5.91 Å². The molecule has 3 rings (SSSR count). The van der Waals surface area contributed by atoms with Crippen LogP contribution < -0.4 is 5.32 Å². The van der Waals surface area contributed by atoms with Crippen LogP contribution in [0.4, 0.5) is 5.69 Å². The second-order valence-corrected chi connectivity index (χ2v) is 5.79. The zero-order chi connectivity index (χ0) is 14.8. The largest absolute Gasteiger partial charge is 0.324 e. The van der Waals surface area contributed by atoms with Gasteiger partial charge in [0.1, 0.15) is 0 Å². The Labute approximate surface area is 124 Å². The number of fused-ring (bicyclic) bond motifs is 1. The van der Waals surface area contributed by atoms with Crippen LogP contribution in [-0.2, 0) is 4.79 Å². The highest BCUT2D eigenvalue weighted by Gasteiger charge is 2.19. The maximum atomic E-state index is 12.2. The number of allylic oxidation sites excluding steroid dienone is 2. The minimum atomic E-state index is 0.0732. The fourth-order valence-corrected chi connectivity index (χ4v) is 2.66. The van der Waals surface area contributed by atoms with Gasteiger partial charge in [0, 0.05) is 17.3 Å². The maximum absolute atomic E-state index is 12.2. The first-order chi connectivity index (χ1) is 10.1. The van der Waals surface area contributed by atoms with Gasteiger partial charge in [-0.25, -0.2) is 9.67 Å². The molecule has 0 saturated heterocycles. The van der Waals surface area contributed by atoms with E-state index in [-0.39, 0.29) is 17.9 Å². The van der Waals surface area contributed by atoms with Crippen molar-refractivity contribution in [2.45, 2.75) is 39.2 Å². The first-order valence-corrected chi connectivity index (χ1v) is 7.44. The van der Waals surface area contributed by atoms with Crippen LogP contribution in [0.15, 0.2) is 30.6 Å². The summed E-state index contributed by atoms with van der Waals surface area (Å²) in [5.74, 6) is 0.154. The van der Waals surface area contributed by atoms with Gasteiger partial charge >= 0.3 is 0 Å². The number of pyridine rings is 1. The van der Waals surface area contributed by atoms with Crippen molar-refractivity contribution in [3.8, 4) is 0 Å². The summed E-state index contributed by atoms with van der Waals surface area (Å²) in [4.78, 5) is 16.7. The second kappa shape index (κ2) is 5.68. The number of hydrogen-bond acceptors (Lipinski definition) is 3. The predicted molar refractivity (Wildman–Crippen MR) is 83.0 cm³/mol. The number of nitrogens with zero attached hydrogens (tertiary/aromatic N) is 3. The molecule has 1 aliphatic rings. The highest BCUT2D eigenvalue weighted by molar-refractivity contribution is 5.94. The van der Waals surface area contributed by atoms with Crippen molar-refractivity contribution in [2.75, 3.05) is 5.32 Å². The van der Waals surface area contributed by atoms with E-state index in [2.05, 4.69) is 41.4 Å². The third kappa shape index (κ3) is 2.82. The minimum Gasteiger partial charge on any atom is -0.324 e. The van der Waals surface area contributed by atoms with Gasteiger partial charge in [-0.05, 0) is 39.2 Å². The fourth-order valence-electron chi connectivity index (χ4n) is 2.66. The van der Waals surface area contributed by atoms with E-state index < -0.39 is 0 Å². The molecule has 5 nitrogen and oxygen atoms in total. The first-order valence-electron chi connectivity index (χ1n) is 7.44. The Hall–Kier alpha value is -2.17. The van der Waals surface area contributed by atoms with E-state index in [0.29, 0.717) is 0 Å². The molecule has 0 bridgehead atoms. The molecule has 0 spiro atoms. The molecule has 0 aromatic carbocycles. The number of hydrogen-bond donors (Lipinski definition) is 1. The average molecular weight is 284 g/mol. The highest BCUT2D eigenvalue weighted by Crippen LogP contribution is 2.22. The lowest BCUT2D eigenvalue weighted by Gasteiger charge is -2.17. The molecule has 0 unspecified atom stereocenters. The Morgan fingerprint density at radius 3 is 2.95 bits per heavy atom. The summed E-state index contributed by atoms with van der Waals surface area (Å²) < 4.78 is 1.88. The lowest BCUT2D eigenvalue weighted by molar-refractivity contribution is -0.120. The molecule has 2 aromatic rings. The number of nitrogens with one attached hydrogen (secondary N) is 1. The van der Waals surface area contributed by atoms with Gasteiger partial charge in [-0.15, -0.1) is 0 Å². The molecular weight excluding hydrogens is 264 g/mol. The molecule has 0 aliphatic heterocycles. The first kappa shape index (κ1) is 13.8. The van der Waals surface area contributed by atoms with Crippen molar-refractivity contribution in [2.24, 2.45) is 5.92 Å². The van der Waals surface area contributed by atoms with Gasteiger partial charge < -0.3 is 5.32 Å². The minimum absolute atomic E-state index is 0.0732. The summed E-state index contributed by atoms with van der Waals surface area (Å²) in [5.41, 5.74) is 1.59. The van der Waals surface area contributed by atoms with Gasteiger partial charge in [0.15, 0.2) is 5.65 Å². The van der Waals surface area contributed by atoms with E-state index in [1.165, 1.54) is 0 Å². The van der Waals surface area contributed by atoms with Gasteiger partial charge in [0.05, 0.1) is 18.1 Å². The predicted octanol–water partition coefficient (Wildman–Crippen LogP) is 3.31. The molecule has 1 aliphatic carbocycles. The van der Waals surface area contributed by atoms with Crippen LogP contribution in [0.25, 0.3) is 11.0 Å². The Morgan fingerprint density at radius 2 is 2.24 bits per heavy atom. The van der Waals surface area contributed by atoms with Crippen LogP contribution in [0.3, 0.4) is 0 Å². The van der Waals surface area contributed by atoms with Crippen molar-refractivity contribution < 1.29 is 4.79 Å². The molecule has 0 radical (unpaired) electrons. The van der Waals surface area contributed by atoms with Crippen LogP contribution in [0.5, 0.6) is 0 Å². The molecule has 21 heavy (non-hydrogen) atoms. The maximum Gasteiger partial charge on any atom is 0.227 e. The molecular formula is C16H20N4O. The standard InChI is InChI=1S/C16H20N4O/c1-11(2)20-15-13(9-18-20)8-14(10-17-15)19-16(21)12-6-4-3-5-7-12/h3-4,8-12H,5-7H2,1-2H3,(H,19,21)/t12-/m0/s1. The Morgan fingerprint density at radius 1 is 1.38 bits per heavy atom. The summed E-state index contributed by atoms with van der Waals surface area (Å²) in [6.45, 7) is 4.14. The van der Waals surface area contributed by atoms with Gasteiger partial charge in [-0.3, -0.25) is 4.79 Å². The smallest absolute Gasteiger partial charge is 0.227 e. The fraction of sp³-hybridized carbons (Fsp3) is 0.438. The third-order valence-corrected chi connectivity index (χ3v) is 3.83. The average Bonchev–Trinajstić information content (AvgIpc) is 2.91. The number of amides is 1. The lowest BCUT2D eigenvalue weighted by Crippen LogP contribution is -2.23. The summed E-state index contributed by atoms with van der Waals surface area (Å²) in [6, 6.07) is 2.20. The molecule has 5 heteroatoms. The van der Waals surface area contributed by atoms with E-state index in [0.717, 1.165) is 36.0 Å². The van der Waals surface area contributed by atoms with E-state index in [4.69, 9.17) is 0 Å². The van der Waals surface area contributed by atoms with Gasteiger partial charge in [0.25, 0.3) is 0 Å². The van der Waals surface area contributed by atoms with Crippen LogP contribution in [0.2, 0.25) is 0 Å². The van der Waals surface area contributed by atoms with Crippen molar-refractivity contribution in [1.29, 1.82) is 0 Å². The molecule has 1 amide bonds. The van der Waals surface area contributed by atoms with Crippen LogP contribution >= 0.6 is 0 Å². The number of anilines is 1. The quantitative estimate of drug-likeness (QED) is 0.880. The van der Waals surface area contributed by atoms with Crippen molar-refractivity contribution >= 4 is 22.6 Å². The van der Waals surface area contributed by atoms with Gasteiger partial charge in [-0.1, -0.05) is 12.2 Å². The summed E-state index contributed by atoms with van der Waals surface area (Å²) in [6.07, 6.45) is 10.5. The van der Waals surface area contributed by atoms with Crippen LogP contribution in [0.1, 0.15) is 39.2 Å². The summed E-state index contributed by atoms with van der Waals surface area (Å²) >= 11 is 0. The Balaban J connectivity index is 1.78. The lowest BCUT2D eigenvalue weighted by atomic mass is 9.93. The molecule has 0 saturated carbocycles. The number of carbonyl (C=O) groups is 1. The normalized spacial score (nSPS) is 18.3. The van der Waals surface area contributed by atoms with E-state index in [9.17, 15) is 4.79 Å². The Bertz CT molecular complexity index is 687.